The quantitative estimate of drug-likeness (QED) is 0.695. The van der Waals surface area contributed by atoms with E-state index in [-0.39, 0.29) is 17.7 Å². The van der Waals surface area contributed by atoms with E-state index in [1.165, 1.54) is 4.90 Å². The van der Waals surface area contributed by atoms with Crippen molar-refractivity contribution in [1.29, 1.82) is 0 Å². The molecule has 0 saturated carbocycles. The van der Waals surface area contributed by atoms with Gasteiger partial charge in [0, 0.05) is 28.2 Å². The van der Waals surface area contributed by atoms with Crippen molar-refractivity contribution in [3.8, 4) is 0 Å². The lowest BCUT2D eigenvalue weighted by Crippen LogP contribution is -3.18. The third-order valence-corrected chi connectivity index (χ3v) is 5.57. The van der Waals surface area contributed by atoms with Crippen LogP contribution in [0.5, 0.6) is 0 Å². The summed E-state index contributed by atoms with van der Waals surface area (Å²) in [7, 11) is 0. The molecule has 1 saturated heterocycles. The van der Waals surface area contributed by atoms with Gasteiger partial charge in [0.2, 0.25) is 5.78 Å². The third-order valence-electron chi connectivity index (χ3n) is 5.57. The van der Waals surface area contributed by atoms with Gasteiger partial charge in [-0.3, -0.25) is 9.59 Å². The Morgan fingerprint density at radius 1 is 1.00 bits per heavy atom. The van der Waals surface area contributed by atoms with E-state index in [0.717, 1.165) is 35.1 Å². The van der Waals surface area contributed by atoms with Crippen molar-refractivity contribution in [2.24, 2.45) is 0 Å². The van der Waals surface area contributed by atoms with Crippen LogP contribution in [-0.2, 0) is 0 Å². The Balaban J connectivity index is 1.42. The zero-order valence-electron chi connectivity index (χ0n) is 15.4. The molecule has 0 spiro atoms. The minimum Gasteiger partial charge on any atom is -0.360 e. The molecule has 138 valence electrons. The van der Waals surface area contributed by atoms with E-state index in [2.05, 4.69) is 4.98 Å². The summed E-state index contributed by atoms with van der Waals surface area (Å²) in [6.45, 7) is 4.92. The lowest BCUT2D eigenvalue weighted by molar-refractivity contribution is -0.917. The van der Waals surface area contributed by atoms with Crippen molar-refractivity contribution in [1.82, 2.24) is 9.88 Å². The van der Waals surface area contributed by atoms with Crippen LogP contribution in [0.1, 0.15) is 27.6 Å². The number of piperazine rings is 1. The Labute approximate surface area is 158 Å². The van der Waals surface area contributed by atoms with E-state index < -0.39 is 0 Å². The molecular formula is C22H24N3O2+. The summed E-state index contributed by atoms with van der Waals surface area (Å²) < 4.78 is 0. The van der Waals surface area contributed by atoms with Crippen molar-refractivity contribution in [2.45, 2.75) is 13.0 Å². The first-order chi connectivity index (χ1) is 13.1. The standard InChI is InChI=1S/C22H23N3O2/c1-16(21(26)19-15-23-20-10-6-5-9-18(19)20)24-11-13-25(14-12-24)22(27)17-7-3-2-4-8-17/h2-10,15-16,23H,11-14H2,1H3/p+1/t16-/m1/s1. The predicted molar refractivity (Wildman–Crippen MR) is 105 cm³/mol. The first kappa shape index (κ1) is 17.5. The van der Waals surface area contributed by atoms with Gasteiger partial charge in [-0.25, -0.2) is 0 Å². The van der Waals surface area contributed by atoms with Gasteiger partial charge in [-0.15, -0.1) is 0 Å². The highest BCUT2D eigenvalue weighted by molar-refractivity contribution is 6.09. The van der Waals surface area contributed by atoms with Crippen molar-refractivity contribution in [3.05, 3.63) is 71.9 Å². The highest BCUT2D eigenvalue weighted by Gasteiger charge is 2.32. The lowest BCUT2D eigenvalue weighted by atomic mass is 10.0. The van der Waals surface area contributed by atoms with Crippen LogP contribution in [-0.4, -0.2) is 53.8 Å². The van der Waals surface area contributed by atoms with E-state index in [4.69, 9.17) is 0 Å². The molecule has 1 fully saturated rings. The van der Waals surface area contributed by atoms with Crippen LogP contribution >= 0.6 is 0 Å². The average Bonchev–Trinajstić information content (AvgIpc) is 3.17. The number of quaternary nitrogens is 1. The molecule has 2 aromatic carbocycles. The molecular weight excluding hydrogens is 338 g/mol. The summed E-state index contributed by atoms with van der Waals surface area (Å²) in [4.78, 5) is 31.9. The van der Waals surface area contributed by atoms with Crippen LogP contribution in [0, 0.1) is 0 Å². The second kappa shape index (κ2) is 7.37. The number of carbonyl (C=O) groups excluding carboxylic acids is 2. The number of H-pyrrole nitrogens is 1. The summed E-state index contributed by atoms with van der Waals surface area (Å²) >= 11 is 0. The maximum atomic E-state index is 13.0. The molecule has 4 rings (SSSR count). The summed E-state index contributed by atoms with van der Waals surface area (Å²) in [6.07, 6.45) is 1.82. The van der Waals surface area contributed by atoms with Crippen molar-refractivity contribution in [2.75, 3.05) is 26.2 Å². The van der Waals surface area contributed by atoms with Crippen LogP contribution in [0.15, 0.2) is 60.8 Å². The molecule has 27 heavy (non-hydrogen) atoms. The Kier molecular flexibility index (Phi) is 4.77. The first-order valence-electron chi connectivity index (χ1n) is 9.44. The summed E-state index contributed by atoms with van der Waals surface area (Å²) in [6, 6.07) is 17.1. The summed E-state index contributed by atoms with van der Waals surface area (Å²) in [5.41, 5.74) is 2.47. The molecule has 5 nitrogen and oxygen atoms in total. The van der Waals surface area contributed by atoms with Gasteiger partial charge in [0.05, 0.1) is 26.2 Å². The predicted octanol–water partition coefficient (Wildman–Crippen LogP) is 1.78. The largest absolute Gasteiger partial charge is 0.360 e. The SMILES string of the molecule is C[C@H](C(=O)c1c[nH]c2ccccc12)[NH+]1CCN(C(=O)c2ccccc2)CC1. The number of aromatic amines is 1. The van der Waals surface area contributed by atoms with Gasteiger partial charge in [0.15, 0.2) is 0 Å². The van der Waals surface area contributed by atoms with Crippen molar-refractivity contribution < 1.29 is 14.5 Å². The number of nitrogens with one attached hydrogen (secondary N) is 2. The average molecular weight is 362 g/mol. The molecule has 0 unspecified atom stereocenters. The molecule has 1 aromatic heterocycles. The van der Waals surface area contributed by atoms with Crippen LogP contribution < -0.4 is 4.90 Å². The zero-order chi connectivity index (χ0) is 18.8. The fourth-order valence-corrected chi connectivity index (χ4v) is 3.89. The first-order valence-corrected chi connectivity index (χ1v) is 9.44. The van der Waals surface area contributed by atoms with E-state index in [9.17, 15) is 9.59 Å². The number of hydrogen-bond donors (Lipinski definition) is 2. The minimum absolute atomic E-state index is 0.0743. The van der Waals surface area contributed by atoms with E-state index >= 15 is 0 Å². The second-order valence-electron chi connectivity index (χ2n) is 7.15. The van der Waals surface area contributed by atoms with E-state index in [0.29, 0.717) is 13.1 Å². The topological polar surface area (TPSA) is 57.6 Å². The molecule has 1 aliphatic heterocycles. The smallest absolute Gasteiger partial charge is 0.254 e. The number of Topliss-reactive ketones (excluding diaryl/α,β-unsaturated/α-hetero) is 1. The number of aromatic nitrogens is 1. The molecule has 2 N–H and O–H groups in total. The number of benzene rings is 2. The number of carbonyl (C=O) groups is 2. The van der Waals surface area contributed by atoms with Gasteiger partial charge in [-0.05, 0) is 25.1 Å². The monoisotopic (exact) mass is 362 g/mol. The maximum Gasteiger partial charge on any atom is 0.254 e. The molecule has 3 aromatic rings. The fraction of sp³-hybridized carbons (Fsp3) is 0.273. The number of rotatable bonds is 4. The highest BCUT2D eigenvalue weighted by atomic mass is 16.2. The van der Waals surface area contributed by atoms with Gasteiger partial charge in [-0.1, -0.05) is 36.4 Å². The normalized spacial score (nSPS) is 16.4. The molecule has 2 heterocycles. The van der Waals surface area contributed by atoms with Gasteiger partial charge in [0.1, 0.15) is 6.04 Å². The molecule has 0 radical (unpaired) electrons. The van der Waals surface area contributed by atoms with Crippen LogP contribution in [0.2, 0.25) is 0 Å². The molecule has 1 amide bonds. The van der Waals surface area contributed by atoms with Gasteiger partial charge in [-0.2, -0.15) is 0 Å². The summed E-state index contributed by atoms with van der Waals surface area (Å²) in [5, 5.41) is 0.978. The minimum atomic E-state index is -0.127. The fourth-order valence-electron chi connectivity index (χ4n) is 3.89. The molecule has 0 aliphatic carbocycles. The Morgan fingerprint density at radius 3 is 2.41 bits per heavy atom. The van der Waals surface area contributed by atoms with Crippen LogP contribution in [0.25, 0.3) is 10.9 Å². The maximum absolute atomic E-state index is 13.0. The highest BCUT2D eigenvalue weighted by Crippen LogP contribution is 2.18. The van der Waals surface area contributed by atoms with Crippen LogP contribution in [0.4, 0.5) is 0 Å². The Hall–Kier alpha value is -2.92. The number of amides is 1. The molecule has 0 bridgehead atoms. The van der Waals surface area contributed by atoms with E-state index in [1.807, 2.05) is 72.6 Å². The number of nitrogens with zero attached hydrogens (tertiary/aromatic N) is 1. The van der Waals surface area contributed by atoms with Crippen molar-refractivity contribution >= 4 is 22.6 Å². The number of fused-ring (bicyclic) bond motifs is 1. The molecule has 1 aliphatic rings. The Bertz CT molecular complexity index is 956. The zero-order valence-corrected chi connectivity index (χ0v) is 15.4. The van der Waals surface area contributed by atoms with Gasteiger partial charge < -0.3 is 14.8 Å². The molecule has 1 atom stereocenters. The molecule has 5 heteroatoms. The Morgan fingerprint density at radius 2 is 1.67 bits per heavy atom. The van der Waals surface area contributed by atoms with E-state index in [1.54, 1.807) is 0 Å². The van der Waals surface area contributed by atoms with Gasteiger partial charge in [0.25, 0.3) is 5.91 Å². The lowest BCUT2D eigenvalue weighted by Gasteiger charge is -2.34. The number of hydrogen-bond acceptors (Lipinski definition) is 2. The van der Waals surface area contributed by atoms with Crippen LogP contribution in [0.3, 0.4) is 0 Å². The number of para-hydroxylation sites is 1. The van der Waals surface area contributed by atoms with Crippen molar-refractivity contribution in [3.63, 3.8) is 0 Å². The summed E-state index contributed by atoms with van der Waals surface area (Å²) in [5.74, 6) is 0.232. The third kappa shape index (κ3) is 3.38. The number of ketones is 1. The van der Waals surface area contributed by atoms with Gasteiger partial charge >= 0.3 is 0 Å². The second-order valence-corrected chi connectivity index (χ2v) is 7.15.